The molecular formula is C15H26N4O8. The first-order chi connectivity index (χ1) is 12.5. The summed E-state index contributed by atoms with van der Waals surface area (Å²) in [6, 6.07) is -4.22. The number of aliphatic carboxylic acids is 2. The van der Waals surface area contributed by atoms with Crippen molar-refractivity contribution in [2.75, 3.05) is 13.2 Å². The molecule has 0 saturated carbocycles. The highest BCUT2D eigenvalue weighted by Crippen LogP contribution is 2.07. The molecule has 0 aromatic heterocycles. The highest BCUT2D eigenvalue weighted by Gasteiger charge is 2.30. The Morgan fingerprint density at radius 2 is 1.41 bits per heavy atom. The van der Waals surface area contributed by atoms with Crippen LogP contribution in [0, 0.1) is 5.92 Å². The van der Waals surface area contributed by atoms with Gasteiger partial charge in [0.05, 0.1) is 19.6 Å². The molecule has 0 aliphatic rings. The molecule has 0 aliphatic heterocycles. The van der Waals surface area contributed by atoms with Crippen LogP contribution in [0.2, 0.25) is 0 Å². The van der Waals surface area contributed by atoms with Crippen LogP contribution in [0.15, 0.2) is 0 Å². The third kappa shape index (κ3) is 9.51. The molecule has 3 unspecified atom stereocenters. The number of carbonyl (C=O) groups is 5. The average Bonchev–Trinajstić information content (AvgIpc) is 2.56. The standard InChI is InChI=1S/C15H26N4O8/c1-7(2)3-8(13(24)19-10(6-20)15(26)27)18-14(25)9(4-12(22)23)17-11(21)5-16/h7-10,20H,3-6,16H2,1-2H3,(H,17,21)(H,18,25)(H,19,24)(H,22,23)(H,26,27). The molecule has 0 rings (SSSR count). The lowest BCUT2D eigenvalue weighted by Crippen LogP contribution is -2.57. The van der Waals surface area contributed by atoms with Gasteiger partial charge in [-0.1, -0.05) is 13.8 Å². The van der Waals surface area contributed by atoms with Crippen molar-refractivity contribution in [3.63, 3.8) is 0 Å². The second kappa shape index (κ2) is 11.8. The number of aliphatic hydroxyl groups is 1. The normalized spacial score (nSPS) is 14.0. The number of hydrogen-bond donors (Lipinski definition) is 7. The molecule has 12 heteroatoms. The Bertz CT molecular complexity index is 566. The number of carboxylic acid groups (broad SMARTS) is 2. The smallest absolute Gasteiger partial charge is 0.328 e. The minimum Gasteiger partial charge on any atom is -0.481 e. The summed E-state index contributed by atoms with van der Waals surface area (Å²) in [7, 11) is 0. The molecule has 27 heavy (non-hydrogen) atoms. The first kappa shape index (κ1) is 24.3. The second-order valence-corrected chi connectivity index (χ2v) is 6.19. The summed E-state index contributed by atoms with van der Waals surface area (Å²) >= 11 is 0. The van der Waals surface area contributed by atoms with Crippen molar-refractivity contribution in [1.29, 1.82) is 0 Å². The molecule has 0 aliphatic carbocycles. The second-order valence-electron chi connectivity index (χ2n) is 6.19. The molecule has 0 radical (unpaired) electrons. The lowest BCUT2D eigenvalue weighted by Gasteiger charge is -2.24. The molecule has 0 saturated heterocycles. The van der Waals surface area contributed by atoms with Gasteiger partial charge in [-0.3, -0.25) is 19.2 Å². The van der Waals surface area contributed by atoms with Crippen LogP contribution >= 0.6 is 0 Å². The number of nitrogens with one attached hydrogen (secondary N) is 3. The first-order valence-corrected chi connectivity index (χ1v) is 8.17. The molecule has 8 N–H and O–H groups in total. The molecule has 3 atom stereocenters. The molecule has 0 bridgehead atoms. The van der Waals surface area contributed by atoms with E-state index in [1.54, 1.807) is 13.8 Å². The first-order valence-electron chi connectivity index (χ1n) is 8.17. The average molecular weight is 390 g/mol. The van der Waals surface area contributed by atoms with Crippen molar-refractivity contribution in [2.45, 2.75) is 44.8 Å². The van der Waals surface area contributed by atoms with Crippen molar-refractivity contribution in [3.05, 3.63) is 0 Å². The van der Waals surface area contributed by atoms with Crippen LogP contribution in [0.5, 0.6) is 0 Å². The number of hydrogen-bond acceptors (Lipinski definition) is 7. The zero-order valence-corrected chi connectivity index (χ0v) is 15.1. The van der Waals surface area contributed by atoms with Gasteiger partial charge in [0.25, 0.3) is 0 Å². The third-order valence-electron chi connectivity index (χ3n) is 3.35. The summed E-state index contributed by atoms with van der Waals surface area (Å²) in [5, 5.41) is 33.3. The molecule has 0 aromatic rings. The largest absolute Gasteiger partial charge is 0.481 e. The topological polar surface area (TPSA) is 208 Å². The van der Waals surface area contributed by atoms with Crippen molar-refractivity contribution in [3.8, 4) is 0 Å². The van der Waals surface area contributed by atoms with E-state index in [0.29, 0.717) is 0 Å². The minimum absolute atomic E-state index is 0.0880. The molecule has 0 fully saturated rings. The Hall–Kier alpha value is -2.73. The molecule has 0 heterocycles. The van der Waals surface area contributed by atoms with Crippen LogP contribution in [0.1, 0.15) is 26.7 Å². The van der Waals surface area contributed by atoms with E-state index in [4.69, 9.17) is 21.1 Å². The number of aliphatic hydroxyl groups excluding tert-OH is 1. The van der Waals surface area contributed by atoms with E-state index in [0.717, 1.165) is 0 Å². The molecule has 3 amide bonds. The molecule has 0 aromatic carbocycles. The fourth-order valence-electron chi connectivity index (χ4n) is 2.07. The van der Waals surface area contributed by atoms with Crippen LogP contribution in [0.4, 0.5) is 0 Å². The van der Waals surface area contributed by atoms with E-state index in [2.05, 4.69) is 16.0 Å². The number of rotatable bonds is 12. The summed E-state index contributed by atoms with van der Waals surface area (Å²) < 4.78 is 0. The number of nitrogens with two attached hydrogens (primary N) is 1. The van der Waals surface area contributed by atoms with Gasteiger partial charge in [0.1, 0.15) is 18.1 Å². The van der Waals surface area contributed by atoms with Crippen LogP contribution in [-0.4, -0.2) is 76.3 Å². The number of carbonyl (C=O) groups excluding carboxylic acids is 3. The Morgan fingerprint density at radius 3 is 1.81 bits per heavy atom. The van der Waals surface area contributed by atoms with Crippen molar-refractivity contribution in [1.82, 2.24) is 16.0 Å². The lowest BCUT2D eigenvalue weighted by atomic mass is 10.0. The van der Waals surface area contributed by atoms with Crippen molar-refractivity contribution < 1.29 is 39.3 Å². The Morgan fingerprint density at radius 1 is 0.889 bits per heavy atom. The lowest BCUT2D eigenvalue weighted by molar-refractivity contribution is -0.144. The quantitative estimate of drug-likeness (QED) is 0.181. The van der Waals surface area contributed by atoms with Gasteiger partial charge in [-0.15, -0.1) is 0 Å². The van der Waals surface area contributed by atoms with Gasteiger partial charge in [0, 0.05) is 0 Å². The van der Waals surface area contributed by atoms with E-state index >= 15 is 0 Å². The fraction of sp³-hybridized carbons (Fsp3) is 0.667. The summed E-state index contributed by atoms with van der Waals surface area (Å²) in [5.74, 6) is -5.46. The Balaban J connectivity index is 5.29. The number of amides is 3. The van der Waals surface area contributed by atoms with Gasteiger partial charge in [0.2, 0.25) is 17.7 Å². The maximum absolute atomic E-state index is 12.3. The molecular weight excluding hydrogens is 364 g/mol. The summed E-state index contributed by atoms with van der Waals surface area (Å²) in [4.78, 5) is 57.8. The van der Waals surface area contributed by atoms with Crippen LogP contribution in [0.3, 0.4) is 0 Å². The predicted octanol–water partition coefficient (Wildman–Crippen LogP) is -3.00. The van der Waals surface area contributed by atoms with E-state index in [1.807, 2.05) is 0 Å². The summed E-state index contributed by atoms with van der Waals surface area (Å²) in [6.07, 6.45) is -0.623. The van der Waals surface area contributed by atoms with E-state index in [9.17, 15) is 24.0 Å². The summed E-state index contributed by atoms with van der Waals surface area (Å²) in [5.41, 5.74) is 5.13. The monoisotopic (exact) mass is 390 g/mol. The maximum atomic E-state index is 12.3. The Kier molecular flexibility index (Phi) is 10.6. The highest BCUT2D eigenvalue weighted by atomic mass is 16.4. The van der Waals surface area contributed by atoms with Gasteiger partial charge < -0.3 is 37.0 Å². The predicted molar refractivity (Wildman–Crippen MR) is 91.3 cm³/mol. The molecule has 12 nitrogen and oxygen atoms in total. The van der Waals surface area contributed by atoms with Gasteiger partial charge in [0.15, 0.2) is 0 Å². The zero-order valence-electron chi connectivity index (χ0n) is 15.1. The SMILES string of the molecule is CC(C)CC(NC(=O)C(CC(=O)O)NC(=O)CN)C(=O)NC(CO)C(=O)O. The Labute approximate surface area is 155 Å². The molecule has 154 valence electrons. The fourth-order valence-corrected chi connectivity index (χ4v) is 2.07. The minimum atomic E-state index is -1.56. The highest BCUT2D eigenvalue weighted by molar-refractivity contribution is 5.95. The van der Waals surface area contributed by atoms with Crippen LogP contribution < -0.4 is 21.7 Å². The third-order valence-corrected chi connectivity index (χ3v) is 3.35. The van der Waals surface area contributed by atoms with Gasteiger partial charge in [-0.25, -0.2) is 4.79 Å². The van der Waals surface area contributed by atoms with Crippen LogP contribution in [-0.2, 0) is 24.0 Å². The van der Waals surface area contributed by atoms with Gasteiger partial charge in [-0.2, -0.15) is 0 Å². The van der Waals surface area contributed by atoms with Crippen molar-refractivity contribution >= 4 is 29.7 Å². The van der Waals surface area contributed by atoms with E-state index in [1.165, 1.54) is 0 Å². The van der Waals surface area contributed by atoms with E-state index in [-0.39, 0.29) is 12.3 Å². The van der Waals surface area contributed by atoms with Gasteiger partial charge >= 0.3 is 11.9 Å². The van der Waals surface area contributed by atoms with E-state index < -0.39 is 67.4 Å². The van der Waals surface area contributed by atoms with Gasteiger partial charge in [-0.05, 0) is 12.3 Å². The molecule has 0 spiro atoms. The maximum Gasteiger partial charge on any atom is 0.328 e. The van der Waals surface area contributed by atoms with Crippen LogP contribution in [0.25, 0.3) is 0 Å². The zero-order chi connectivity index (χ0) is 21.1. The summed E-state index contributed by atoms with van der Waals surface area (Å²) in [6.45, 7) is 2.18. The van der Waals surface area contributed by atoms with Crippen molar-refractivity contribution in [2.24, 2.45) is 11.7 Å². The number of carboxylic acids is 2.